The van der Waals surface area contributed by atoms with E-state index in [2.05, 4.69) is 0 Å². The zero-order valence-corrected chi connectivity index (χ0v) is 15.3. The SMILES string of the molecule is O=C(O)C1CCCN1C(=O)c1ccc(=O)n(CCOc2ccccc2Cl)c1. The number of aliphatic carboxylic acids is 1. The van der Waals surface area contributed by atoms with Crippen LogP contribution < -0.4 is 10.3 Å². The van der Waals surface area contributed by atoms with E-state index in [4.69, 9.17) is 16.3 Å². The Kier molecular flexibility index (Phi) is 5.81. The van der Waals surface area contributed by atoms with E-state index < -0.39 is 12.0 Å². The summed E-state index contributed by atoms with van der Waals surface area (Å²) in [4.78, 5) is 37.4. The van der Waals surface area contributed by atoms with E-state index in [9.17, 15) is 19.5 Å². The van der Waals surface area contributed by atoms with Gasteiger partial charge in [0.2, 0.25) is 0 Å². The quantitative estimate of drug-likeness (QED) is 0.817. The minimum atomic E-state index is -1.01. The molecule has 0 saturated carbocycles. The number of rotatable bonds is 6. The van der Waals surface area contributed by atoms with Crippen molar-refractivity contribution in [2.75, 3.05) is 13.2 Å². The van der Waals surface area contributed by atoms with Crippen LogP contribution in [0, 0.1) is 0 Å². The van der Waals surface area contributed by atoms with Gasteiger partial charge in [-0.3, -0.25) is 9.59 Å². The summed E-state index contributed by atoms with van der Waals surface area (Å²) in [5.74, 6) is -0.885. The maximum atomic E-state index is 12.7. The number of pyridine rings is 1. The predicted molar refractivity (Wildman–Crippen MR) is 99.3 cm³/mol. The van der Waals surface area contributed by atoms with Crippen LogP contribution in [0.15, 0.2) is 47.4 Å². The third-order valence-corrected chi connectivity index (χ3v) is 4.77. The molecule has 1 saturated heterocycles. The molecule has 1 atom stereocenters. The van der Waals surface area contributed by atoms with Crippen LogP contribution in [0.3, 0.4) is 0 Å². The first kappa shape index (κ1) is 19.0. The van der Waals surface area contributed by atoms with Crippen molar-refractivity contribution in [3.8, 4) is 5.75 Å². The van der Waals surface area contributed by atoms with E-state index in [1.165, 1.54) is 27.8 Å². The first-order chi connectivity index (χ1) is 13.0. The molecule has 7 nitrogen and oxygen atoms in total. The summed E-state index contributed by atoms with van der Waals surface area (Å²) >= 11 is 6.02. The van der Waals surface area contributed by atoms with E-state index >= 15 is 0 Å². The molecule has 1 N–H and O–H groups in total. The molecule has 0 spiro atoms. The van der Waals surface area contributed by atoms with Crippen molar-refractivity contribution in [3.63, 3.8) is 0 Å². The smallest absolute Gasteiger partial charge is 0.326 e. The fourth-order valence-corrected chi connectivity index (χ4v) is 3.27. The highest BCUT2D eigenvalue weighted by Gasteiger charge is 2.34. The molecule has 0 radical (unpaired) electrons. The highest BCUT2D eigenvalue weighted by atomic mass is 35.5. The summed E-state index contributed by atoms with van der Waals surface area (Å²) in [6.07, 6.45) is 2.53. The van der Waals surface area contributed by atoms with Gasteiger partial charge in [0.25, 0.3) is 11.5 Å². The lowest BCUT2D eigenvalue weighted by molar-refractivity contribution is -0.141. The number of carbonyl (C=O) groups is 2. The third-order valence-electron chi connectivity index (χ3n) is 4.46. The molecule has 8 heteroatoms. The molecule has 142 valence electrons. The van der Waals surface area contributed by atoms with Gasteiger partial charge in [-0.1, -0.05) is 23.7 Å². The van der Waals surface area contributed by atoms with Crippen LogP contribution in [0.2, 0.25) is 5.02 Å². The van der Waals surface area contributed by atoms with Crippen molar-refractivity contribution >= 4 is 23.5 Å². The summed E-state index contributed by atoms with van der Waals surface area (Å²) < 4.78 is 6.95. The minimum absolute atomic E-state index is 0.197. The standard InChI is InChI=1S/C19H19ClN2O5/c20-14-4-1-2-6-16(14)27-11-10-21-12-13(7-8-17(21)23)18(24)22-9-3-5-15(22)19(25)26/h1-2,4,6-8,12,15H,3,5,9-11H2,(H,25,26). The number of carbonyl (C=O) groups excluding carboxylic acids is 1. The number of aromatic nitrogens is 1. The number of carboxylic acids is 1. The van der Waals surface area contributed by atoms with Crippen molar-refractivity contribution in [3.05, 3.63) is 63.5 Å². The zero-order chi connectivity index (χ0) is 19.4. The lowest BCUT2D eigenvalue weighted by Gasteiger charge is -2.21. The molecule has 0 bridgehead atoms. The molecule has 1 amide bonds. The van der Waals surface area contributed by atoms with Crippen LogP contribution in [0.5, 0.6) is 5.75 Å². The average molecular weight is 391 g/mol. The maximum Gasteiger partial charge on any atom is 0.326 e. The Labute approximate surface area is 160 Å². The van der Waals surface area contributed by atoms with Gasteiger partial charge in [-0.05, 0) is 31.0 Å². The summed E-state index contributed by atoms with van der Waals surface area (Å²) in [7, 11) is 0. The molecule has 1 unspecified atom stereocenters. The Morgan fingerprint density at radius 3 is 2.74 bits per heavy atom. The number of nitrogens with zero attached hydrogens (tertiary/aromatic N) is 2. The number of benzene rings is 1. The molecular formula is C19H19ClN2O5. The Hall–Kier alpha value is -2.80. The second-order valence-corrected chi connectivity index (χ2v) is 6.63. The number of likely N-dealkylation sites (tertiary alicyclic amines) is 1. The Balaban J connectivity index is 1.70. The Morgan fingerprint density at radius 2 is 2.00 bits per heavy atom. The molecule has 1 fully saturated rings. The Morgan fingerprint density at radius 1 is 1.22 bits per heavy atom. The number of hydrogen-bond acceptors (Lipinski definition) is 4. The molecule has 3 rings (SSSR count). The van der Waals surface area contributed by atoms with Crippen LogP contribution in [-0.4, -0.2) is 45.6 Å². The molecule has 2 aromatic rings. The van der Waals surface area contributed by atoms with Crippen molar-refractivity contribution in [2.45, 2.75) is 25.4 Å². The van der Waals surface area contributed by atoms with Crippen molar-refractivity contribution < 1.29 is 19.4 Å². The van der Waals surface area contributed by atoms with Crippen molar-refractivity contribution in [2.24, 2.45) is 0 Å². The highest BCUT2D eigenvalue weighted by Crippen LogP contribution is 2.23. The molecule has 1 aromatic heterocycles. The number of hydrogen-bond donors (Lipinski definition) is 1. The number of ether oxygens (including phenoxy) is 1. The Bertz CT molecular complexity index is 911. The summed E-state index contributed by atoms with van der Waals surface area (Å²) in [5.41, 5.74) is 0.00556. The van der Waals surface area contributed by atoms with Crippen LogP contribution >= 0.6 is 11.6 Å². The summed E-state index contributed by atoms with van der Waals surface area (Å²) in [6, 6.07) is 8.92. The molecule has 27 heavy (non-hydrogen) atoms. The van der Waals surface area contributed by atoms with Gasteiger partial charge in [0, 0.05) is 18.8 Å². The molecule has 1 aliphatic heterocycles. The molecule has 1 aliphatic rings. The minimum Gasteiger partial charge on any atom is -0.490 e. The van der Waals surface area contributed by atoms with Gasteiger partial charge in [0.15, 0.2) is 0 Å². The highest BCUT2D eigenvalue weighted by molar-refractivity contribution is 6.32. The number of halogens is 1. The second-order valence-electron chi connectivity index (χ2n) is 6.22. The van der Waals surface area contributed by atoms with Gasteiger partial charge < -0.3 is 19.3 Å². The van der Waals surface area contributed by atoms with Gasteiger partial charge in [-0.15, -0.1) is 0 Å². The molecular weight excluding hydrogens is 372 g/mol. The number of para-hydroxylation sites is 1. The van der Waals surface area contributed by atoms with E-state index in [0.717, 1.165) is 0 Å². The van der Waals surface area contributed by atoms with Crippen molar-refractivity contribution in [1.82, 2.24) is 9.47 Å². The van der Waals surface area contributed by atoms with Gasteiger partial charge >= 0.3 is 5.97 Å². The van der Waals surface area contributed by atoms with E-state index in [0.29, 0.717) is 30.2 Å². The first-order valence-corrected chi connectivity index (χ1v) is 8.97. The van der Waals surface area contributed by atoms with Crippen molar-refractivity contribution in [1.29, 1.82) is 0 Å². The zero-order valence-electron chi connectivity index (χ0n) is 14.5. The van der Waals surface area contributed by atoms with Crippen LogP contribution in [0.25, 0.3) is 0 Å². The average Bonchev–Trinajstić information content (AvgIpc) is 3.14. The topological polar surface area (TPSA) is 88.8 Å². The number of carboxylic acid groups (broad SMARTS) is 1. The summed E-state index contributed by atoms with van der Waals surface area (Å²) in [6.45, 7) is 0.820. The summed E-state index contributed by atoms with van der Waals surface area (Å²) in [5, 5.41) is 9.72. The monoisotopic (exact) mass is 390 g/mol. The fourth-order valence-electron chi connectivity index (χ4n) is 3.08. The fraction of sp³-hybridized carbons (Fsp3) is 0.316. The normalized spacial score (nSPS) is 16.3. The van der Waals surface area contributed by atoms with Crippen LogP contribution in [0.4, 0.5) is 0 Å². The first-order valence-electron chi connectivity index (χ1n) is 8.59. The lowest BCUT2D eigenvalue weighted by Crippen LogP contribution is -2.40. The van der Waals surface area contributed by atoms with Gasteiger partial charge in [-0.25, -0.2) is 4.79 Å². The van der Waals surface area contributed by atoms with Crippen LogP contribution in [0.1, 0.15) is 23.2 Å². The van der Waals surface area contributed by atoms with E-state index in [-0.39, 0.29) is 30.2 Å². The third kappa shape index (κ3) is 4.31. The van der Waals surface area contributed by atoms with E-state index in [1.54, 1.807) is 24.3 Å². The molecule has 1 aromatic carbocycles. The van der Waals surface area contributed by atoms with Crippen LogP contribution in [-0.2, 0) is 11.3 Å². The lowest BCUT2D eigenvalue weighted by atomic mass is 10.2. The molecule has 0 aliphatic carbocycles. The predicted octanol–water partition coefficient (Wildman–Crippen LogP) is 2.27. The van der Waals surface area contributed by atoms with Gasteiger partial charge in [0.1, 0.15) is 18.4 Å². The second kappa shape index (κ2) is 8.26. The number of amides is 1. The van der Waals surface area contributed by atoms with Gasteiger partial charge in [0.05, 0.1) is 17.1 Å². The molecule has 2 heterocycles. The van der Waals surface area contributed by atoms with E-state index in [1.807, 2.05) is 0 Å². The maximum absolute atomic E-state index is 12.7. The largest absolute Gasteiger partial charge is 0.490 e. The van der Waals surface area contributed by atoms with Gasteiger partial charge in [-0.2, -0.15) is 0 Å².